The number of rotatable bonds is 3. The largest absolute Gasteiger partial charge is 0.486 e. The van der Waals surface area contributed by atoms with Gasteiger partial charge in [0.2, 0.25) is 0 Å². The molecule has 1 spiro atoms. The van der Waals surface area contributed by atoms with E-state index in [0.717, 1.165) is 61.8 Å². The van der Waals surface area contributed by atoms with Gasteiger partial charge >= 0.3 is 0 Å². The smallest absolute Gasteiger partial charge is 0.165 e. The molecule has 2 N–H and O–H groups in total. The van der Waals surface area contributed by atoms with E-state index in [1.54, 1.807) is 0 Å². The fraction of sp³-hybridized carbons (Fsp3) is 0.529. The second kappa shape index (κ2) is 5.48. The molecule has 3 heterocycles. The van der Waals surface area contributed by atoms with Crippen LogP contribution in [0.2, 0.25) is 0 Å². The van der Waals surface area contributed by atoms with Gasteiger partial charge in [0.1, 0.15) is 24.6 Å². The molecule has 0 aliphatic carbocycles. The Bertz CT molecular complexity index is 602. The highest BCUT2D eigenvalue weighted by Crippen LogP contribution is 2.43. The normalized spacial score (nSPS) is 26.0. The average Bonchev–Trinajstić information content (AvgIpc) is 2.93. The number of hydrogen-bond donors (Lipinski definition) is 1. The first-order valence-electron chi connectivity index (χ1n) is 8.02. The third kappa shape index (κ3) is 2.44. The molecule has 0 bridgehead atoms. The Morgan fingerprint density at radius 1 is 1.14 bits per heavy atom. The van der Waals surface area contributed by atoms with Crippen LogP contribution in [-0.4, -0.2) is 49.9 Å². The van der Waals surface area contributed by atoms with Crippen LogP contribution < -0.4 is 19.9 Å². The van der Waals surface area contributed by atoms with Gasteiger partial charge in [-0.05, 0) is 31.7 Å². The Hall–Kier alpha value is -1.72. The summed E-state index contributed by atoms with van der Waals surface area (Å²) in [6.07, 6.45) is 6.41. The lowest BCUT2D eigenvalue weighted by atomic mass is 9.97. The van der Waals surface area contributed by atoms with Crippen molar-refractivity contribution in [2.24, 2.45) is 5.73 Å². The molecule has 1 aromatic rings. The fourth-order valence-corrected chi connectivity index (χ4v) is 3.41. The van der Waals surface area contributed by atoms with Crippen LogP contribution >= 0.6 is 0 Å². The molecule has 22 heavy (non-hydrogen) atoms. The van der Waals surface area contributed by atoms with Crippen molar-refractivity contribution in [2.45, 2.75) is 18.4 Å². The minimum Gasteiger partial charge on any atom is -0.486 e. The van der Waals surface area contributed by atoms with Crippen LogP contribution in [0.1, 0.15) is 18.4 Å². The lowest BCUT2D eigenvalue weighted by Crippen LogP contribution is -2.39. The standard InChI is InChI=1S/C17H22N2O3/c18-5-1-6-19-7-4-17(12-19)3-2-13-10-15-16(11-14(13)22-17)21-9-8-20-15/h2-3,10-11H,1,4-9,12,18H2. The van der Waals surface area contributed by atoms with Crippen LogP contribution in [0.25, 0.3) is 6.08 Å². The van der Waals surface area contributed by atoms with Crippen LogP contribution in [0.3, 0.4) is 0 Å². The average molecular weight is 302 g/mol. The van der Waals surface area contributed by atoms with E-state index >= 15 is 0 Å². The molecule has 1 atom stereocenters. The van der Waals surface area contributed by atoms with Crippen molar-refractivity contribution >= 4 is 6.08 Å². The summed E-state index contributed by atoms with van der Waals surface area (Å²) in [5.74, 6) is 2.49. The first kappa shape index (κ1) is 13.9. The third-order valence-electron chi connectivity index (χ3n) is 4.58. The summed E-state index contributed by atoms with van der Waals surface area (Å²) >= 11 is 0. The van der Waals surface area contributed by atoms with Crippen LogP contribution in [0.4, 0.5) is 0 Å². The number of nitrogens with two attached hydrogens (primary N) is 1. The maximum atomic E-state index is 6.36. The molecule has 0 radical (unpaired) electrons. The molecule has 1 saturated heterocycles. The zero-order chi connectivity index (χ0) is 15.0. The Labute approximate surface area is 130 Å². The summed E-state index contributed by atoms with van der Waals surface area (Å²) in [7, 11) is 0. The summed E-state index contributed by atoms with van der Waals surface area (Å²) in [5.41, 5.74) is 6.47. The van der Waals surface area contributed by atoms with Crippen LogP contribution in [0.15, 0.2) is 18.2 Å². The second-order valence-electron chi connectivity index (χ2n) is 6.20. The maximum Gasteiger partial charge on any atom is 0.165 e. The molecule has 0 saturated carbocycles. The molecule has 1 unspecified atom stereocenters. The summed E-state index contributed by atoms with van der Waals surface area (Å²) in [6.45, 7) is 4.98. The van der Waals surface area contributed by atoms with E-state index in [1.807, 2.05) is 12.1 Å². The van der Waals surface area contributed by atoms with E-state index in [9.17, 15) is 0 Å². The summed E-state index contributed by atoms with van der Waals surface area (Å²) < 4.78 is 17.7. The molecular weight excluding hydrogens is 280 g/mol. The van der Waals surface area contributed by atoms with E-state index in [2.05, 4.69) is 17.1 Å². The van der Waals surface area contributed by atoms with Crippen LogP contribution in [-0.2, 0) is 0 Å². The molecule has 1 aromatic carbocycles. The van der Waals surface area contributed by atoms with E-state index in [1.165, 1.54) is 0 Å². The van der Waals surface area contributed by atoms with Crippen molar-refractivity contribution in [3.05, 3.63) is 23.8 Å². The number of ether oxygens (including phenoxy) is 3. The van der Waals surface area contributed by atoms with E-state index < -0.39 is 0 Å². The molecule has 0 aromatic heterocycles. The van der Waals surface area contributed by atoms with Gasteiger partial charge in [-0.1, -0.05) is 6.08 Å². The maximum absolute atomic E-state index is 6.36. The van der Waals surface area contributed by atoms with Gasteiger partial charge in [-0.25, -0.2) is 0 Å². The zero-order valence-electron chi connectivity index (χ0n) is 12.7. The first-order valence-corrected chi connectivity index (χ1v) is 8.02. The monoisotopic (exact) mass is 302 g/mol. The number of nitrogens with zero attached hydrogens (tertiary/aromatic N) is 1. The number of likely N-dealkylation sites (tertiary alicyclic amines) is 1. The predicted octanol–water partition coefficient (Wildman–Crippen LogP) is 1.66. The molecule has 118 valence electrons. The van der Waals surface area contributed by atoms with E-state index in [-0.39, 0.29) is 5.60 Å². The van der Waals surface area contributed by atoms with Crippen molar-refractivity contribution in [3.8, 4) is 17.2 Å². The Balaban J connectivity index is 1.55. The first-order chi connectivity index (χ1) is 10.8. The molecule has 0 amide bonds. The van der Waals surface area contributed by atoms with Gasteiger partial charge in [0, 0.05) is 31.1 Å². The molecular formula is C17H22N2O3. The molecule has 3 aliphatic rings. The van der Waals surface area contributed by atoms with Gasteiger partial charge in [-0.15, -0.1) is 0 Å². The zero-order valence-corrected chi connectivity index (χ0v) is 12.7. The molecule has 5 heteroatoms. The van der Waals surface area contributed by atoms with Crippen molar-refractivity contribution in [1.29, 1.82) is 0 Å². The summed E-state index contributed by atoms with van der Waals surface area (Å²) in [4.78, 5) is 2.43. The minimum atomic E-state index is -0.203. The highest BCUT2D eigenvalue weighted by molar-refractivity contribution is 5.66. The number of benzene rings is 1. The number of hydrogen-bond acceptors (Lipinski definition) is 5. The van der Waals surface area contributed by atoms with Gasteiger partial charge < -0.3 is 19.9 Å². The third-order valence-corrected chi connectivity index (χ3v) is 4.58. The Morgan fingerprint density at radius 3 is 2.77 bits per heavy atom. The Kier molecular flexibility index (Phi) is 3.47. The summed E-state index contributed by atoms with van der Waals surface area (Å²) in [5, 5.41) is 0. The van der Waals surface area contributed by atoms with E-state index in [0.29, 0.717) is 13.2 Å². The van der Waals surface area contributed by atoms with Gasteiger partial charge in [-0.2, -0.15) is 0 Å². The minimum absolute atomic E-state index is 0.203. The van der Waals surface area contributed by atoms with Gasteiger partial charge in [0.25, 0.3) is 0 Å². The molecule has 1 fully saturated rings. The van der Waals surface area contributed by atoms with Crippen molar-refractivity contribution < 1.29 is 14.2 Å². The topological polar surface area (TPSA) is 57.0 Å². The highest BCUT2D eigenvalue weighted by Gasteiger charge is 2.40. The number of fused-ring (bicyclic) bond motifs is 2. The van der Waals surface area contributed by atoms with Gasteiger partial charge in [-0.3, -0.25) is 4.90 Å². The van der Waals surface area contributed by atoms with Gasteiger partial charge in [0.15, 0.2) is 11.5 Å². The lowest BCUT2D eigenvalue weighted by Gasteiger charge is -2.32. The predicted molar refractivity (Wildman–Crippen MR) is 84.6 cm³/mol. The van der Waals surface area contributed by atoms with E-state index in [4.69, 9.17) is 19.9 Å². The van der Waals surface area contributed by atoms with Crippen molar-refractivity contribution in [2.75, 3.05) is 39.4 Å². The molecule has 5 nitrogen and oxygen atoms in total. The van der Waals surface area contributed by atoms with Crippen molar-refractivity contribution in [3.63, 3.8) is 0 Å². The quantitative estimate of drug-likeness (QED) is 0.920. The second-order valence-corrected chi connectivity index (χ2v) is 6.20. The Morgan fingerprint density at radius 2 is 1.95 bits per heavy atom. The fourth-order valence-electron chi connectivity index (χ4n) is 3.41. The SMILES string of the molecule is NCCCN1CCC2(C=Cc3cc4c(cc3O2)OCCO4)C1. The van der Waals surface area contributed by atoms with Crippen LogP contribution in [0.5, 0.6) is 17.2 Å². The molecule has 4 rings (SSSR count). The summed E-state index contributed by atoms with van der Waals surface area (Å²) in [6, 6.07) is 3.98. The molecule has 3 aliphatic heterocycles. The highest BCUT2D eigenvalue weighted by atomic mass is 16.6. The van der Waals surface area contributed by atoms with Crippen molar-refractivity contribution in [1.82, 2.24) is 4.90 Å². The lowest BCUT2D eigenvalue weighted by molar-refractivity contribution is 0.120. The van der Waals surface area contributed by atoms with Gasteiger partial charge in [0.05, 0.1) is 0 Å². The van der Waals surface area contributed by atoms with Crippen LogP contribution in [0, 0.1) is 0 Å².